The molecule has 0 aliphatic carbocycles. The van der Waals surface area contributed by atoms with Crippen molar-refractivity contribution >= 4 is 46.0 Å². The highest BCUT2D eigenvalue weighted by molar-refractivity contribution is 6.33. The molecule has 7 heteroatoms. The van der Waals surface area contributed by atoms with Crippen LogP contribution in [0.3, 0.4) is 0 Å². The van der Waals surface area contributed by atoms with Crippen molar-refractivity contribution in [1.82, 2.24) is 4.57 Å². The zero-order valence-corrected chi connectivity index (χ0v) is 16.7. The first-order valence-corrected chi connectivity index (χ1v) is 8.79. The van der Waals surface area contributed by atoms with Gasteiger partial charge in [-0.1, -0.05) is 35.9 Å². The van der Waals surface area contributed by atoms with Crippen LogP contribution < -0.4 is 4.74 Å². The molecule has 0 amide bonds. The Kier molecular flexibility index (Phi) is 6.52. The largest absolute Gasteiger partial charge is 0.495 e. The van der Waals surface area contributed by atoms with Gasteiger partial charge in [-0.15, -0.1) is 0 Å². The van der Waals surface area contributed by atoms with Crippen LogP contribution >= 0.6 is 23.2 Å². The predicted octanol–water partition coefficient (Wildman–Crippen LogP) is 5.13. The van der Waals surface area contributed by atoms with E-state index in [0.717, 1.165) is 0 Å². The summed E-state index contributed by atoms with van der Waals surface area (Å²) < 4.78 is 6.69. The van der Waals surface area contributed by atoms with Crippen LogP contribution in [0.1, 0.15) is 23.0 Å². The molecule has 2 rings (SSSR count). The van der Waals surface area contributed by atoms with E-state index < -0.39 is 5.97 Å². The van der Waals surface area contributed by atoms with E-state index in [-0.39, 0.29) is 17.4 Å². The molecule has 1 aromatic heterocycles. The number of methoxy groups -OCH3 is 1. The van der Waals surface area contributed by atoms with Crippen LogP contribution in [0.5, 0.6) is 5.75 Å². The van der Waals surface area contributed by atoms with Gasteiger partial charge >= 0.3 is 5.97 Å². The fourth-order valence-electron chi connectivity index (χ4n) is 2.87. The third-order valence-electron chi connectivity index (χ3n) is 4.14. The molecule has 5 nitrogen and oxygen atoms in total. The molecule has 0 bridgehead atoms. The second-order valence-electron chi connectivity index (χ2n) is 5.80. The lowest BCUT2D eigenvalue weighted by Crippen LogP contribution is -2.14. The topological polar surface area (TPSA) is 68.5 Å². The summed E-state index contributed by atoms with van der Waals surface area (Å²) >= 11 is 12.0. The maximum absolute atomic E-state index is 13.1. The van der Waals surface area contributed by atoms with Crippen LogP contribution in [0.15, 0.2) is 47.5 Å². The van der Waals surface area contributed by atoms with Gasteiger partial charge in [-0.2, -0.15) is 0 Å². The summed E-state index contributed by atoms with van der Waals surface area (Å²) in [6.45, 7) is 6.99. The molecule has 2 aromatic rings. The van der Waals surface area contributed by atoms with E-state index in [2.05, 4.69) is 6.58 Å². The Morgan fingerprint density at radius 3 is 2.52 bits per heavy atom. The van der Waals surface area contributed by atoms with E-state index in [0.29, 0.717) is 38.5 Å². The quantitative estimate of drug-likeness (QED) is 0.531. The van der Waals surface area contributed by atoms with Gasteiger partial charge in [0.25, 0.3) is 5.91 Å². The number of rotatable bonds is 6. The first-order chi connectivity index (χ1) is 12.7. The summed E-state index contributed by atoms with van der Waals surface area (Å²) in [5.74, 6) is -0.917. The van der Waals surface area contributed by atoms with E-state index in [1.54, 1.807) is 38.1 Å². The van der Waals surface area contributed by atoms with Crippen molar-refractivity contribution in [2.75, 3.05) is 7.11 Å². The summed E-state index contributed by atoms with van der Waals surface area (Å²) in [6, 6.07) is 3.25. The summed E-state index contributed by atoms with van der Waals surface area (Å²) in [4.78, 5) is 24.5. The monoisotopic (exact) mass is 407 g/mol. The lowest BCUT2D eigenvalue weighted by molar-refractivity contribution is -0.136. The number of fused-ring (bicyclic) bond motifs is 1. The van der Waals surface area contributed by atoms with Gasteiger partial charge < -0.3 is 9.84 Å². The summed E-state index contributed by atoms with van der Waals surface area (Å²) in [5.41, 5.74) is 1.95. The van der Waals surface area contributed by atoms with E-state index in [4.69, 9.17) is 27.9 Å². The number of carboxylic acids is 1. The number of allylic oxidation sites excluding steroid dienone is 5. The highest BCUT2D eigenvalue weighted by atomic mass is 35.5. The smallest absolute Gasteiger partial charge is 0.307 e. The minimum absolute atomic E-state index is 0.229. The molecule has 1 N–H and O–H groups in total. The molecule has 0 spiro atoms. The molecule has 142 valence electrons. The minimum atomic E-state index is -0.997. The Labute approximate surface area is 167 Å². The number of carboxylic acid groups (broad SMARTS) is 1. The van der Waals surface area contributed by atoms with Crippen LogP contribution in [-0.4, -0.2) is 28.7 Å². The Morgan fingerprint density at radius 2 is 2.00 bits per heavy atom. The minimum Gasteiger partial charge on any atom is -0.495 e. The van der Waals surface area contributed by atoms with E-state index in [1.165, 1.54) is 17.8 Å². The SMILES string of the molecule is C=C(Cl)C=CC(=CC)C(=O)n1c(C)c(CC(=O)O)c2cc(OC)c(Cl)cc21. The van der Waals surface area contributed by atoms with Crippen LogP contribution in [0.25, 0.3) is 10.9 Å². The van der Waals surface area contributed by atoms with E-state index >= 15 is 0 Å². The van der Waals surface area contributed by atoms with Gasteiger partial charge in [-0.05, 0) is 43.7 Å². The normalized spacial score (nSPS) is 12.0. The fraction of sp³-hybridized carbons (Fsp3) is 0.200. The molecule has 0 fully saturated rings. The number of carbonyl (C=O) groups is 2. The first-order valence-electron chi connectivity index (χ1n) is 8.04. The summed E-state index contributed by atoms with van der Waals surface area (Å²) in [6.07, 6.45) is 4.49. The Bertz CT molecular complexity index is 999. The second kappa shape index (κ2) is 8.46. The molecule has 0 aliphatic heterocycles. The van der Waals surface area contributed by atoms with Gasteiger partial charge in [0.1, 0.15) is 5.75 Å². The number of nitrogens with zero attached hydrogens (tertiary/aromatic N) is 1. The lowest BCUT2D eigenvalue weighted by Gasteiger charge is -2.09. The zero-order valence-electron chi connectivity index (χ0n) is 15.2. The van der Waals surface area contributed by atoms with Gasteiger partial charge in [0, 0.05) is 21.7 Å². The molecule has 1 aromatic carbocycles. The molecule has 1 heterocycles. The van der Waals surface area contributed by atoms with Crippen molar-refractivity contribution in [3.05, 3.63) is 63.8 Å². The van der Waals surface area contributed by atoms with Gasteiger partial charge in [0.2, 0.25) is 0 Å². The highest BCUT2D eigenvalue weighted by Crippen LogP contribution is 2.35. The summed E-state index contributed by atoms with van der Waals surface area (Å²) in [7, 11) is 1.47. The molecule has 27 heavy (non-hydrogen) atoms. The highest BCUT2D eigenvalue weighted by Gasteiger charge is 2.23. The van der Waals surface area contributed by atoms with Crippen molar-refractivity contribution in [2.24, 2.45) is 0 Å². The Morgan fingerprint density at radius 1 is 1.33 bits per heavy atom. The maximum atomic E-state index is 13.1. The number of benzene rings is 1. The molecular formula is C20H19Cl2NO4. The van der Waals surface area contributed by atoms with Gasteiger partial charge in [0.05, 0.1) is 24.1 Å². The predicted molar refractivity (Wildman–Crippen MR) is 108 cm³/mol. The number of ether oxygens (including phenoxy) is 1. The molecular weight excluding hydrogens is 389 g/mol. The van der Waals surface area contributed by atoms with Crippen LogP contribution in [0.2, 0.25) is 5.02 Å². The van der Waals surface area contributed by atoms with E-state index in [1.807, 2.05) is 0 Å². The molecule has 0 aliphatic rings. The molecule has 0 atom stereocenters. The van der Waals surface area contributed by atoms with Gasteiger partial charge in [0.15, 0.2) is 0 Å². The van der Waals surface area contributed by atoms with Crippen molar-refractivity contribution in [3.63, 3.8) is 0 Å². The third-order valence-corrected chi connectivity index (χ3v) is 4.56. The Hall–Kier alpha value is -2.50. The number of hydrogen-bond acceptors (Lipinski definition) is 3. The zero-order chi connectivity index (χ0) is 20.3. The molecule has 0 saturated carbocycles. The summed E-state index contributed by atoms with van der Waals surface area (Å²) in [5, 5.41) is 10.5. The van der Waals surface area contributed by atoms with Crippen molar-refractivity contribution in [2.45, 2.75) is 20.3 Å². The van der Waals surface area contributed by atoms with Crippen LogP contribution in [0.4, 0.5) is 0 Å². The van der Waals surface area contributed by atoms with Crippen molar-refractivity contribution < 1.29 is 19.4 Å². The Balaban J connectivity index is 2.77. The number of halogens is 2. The van der Waals surface area contributed by atoms with Crippen molar-refractivity contribution in [3.8, 4) is 5.75 Å². The van der Waals surface area contributed by atoms with Crippen LogP contribution in [-0.2, 0) is 11.2 Å². The number of carbonyl (C=O) groups excluding carboxylic acids is 1. The molecule has 0 saturated heterocycles. The first kappa shape index (κ1) is 20.8. The molecule has 0 radical (unpaired) electrons. The van der Waals surface area contributed by atoms with Crippen molar-refractivity contribution in [1.29, 1.82) is 0 Å². The molecule has 0 unspecified atom stereocenters. The van der Waals surface area contributed by atoms with Gasteiger partial charge in [-0.25, -0.2) is 0 Å². The van der Waals surface area contributed by atoms with Gasteiger partial charge in [-0.3, -0.25) is 14.2 Å². The average Bonchev–Trinajstić information content (AvgIpc) is 2.84. The third kappa shape index (κ3) is 4.26. The average molecular weight is 408 g/mol. The van der Waals surface area contributed by atoms with E-state index in [9.17, 15) is 14.7 Å². The number of aromatic nitrogens is 1. The second-order valence-corrected chi connectivity index (χ2v) is 6.70. The standard InChI is InChI=1S/C20H19Cl2NO4/c1-5-13(7-6-11(2)21)20(26)23-12(3)14(9-19(24)25)15-8-18(27-4)16(22)10-17(15)23/h5-8,10H,2,9H2,1,3-4H3,(H,24,25). The maximum Gasteiger partial charge on any atom is 0.307 e. The number of hydrogen-bond donors (Lipinski definition) is 1. The number of aliphatic carboxylic acids is 1. The van der Waals surface area contributed by atoms with Crippen LogP contribution in [0, 0.1) is 6.92 Å². The fourth-order valence-corrected chi connectivity index (χ4v) is 3.17. The lowest BCUT2D eigenvalue weighted by atomic mass is 10.1.